The Bertz CT molecular complexity index is 287. The van der Waals surface area contributed by atoms with E-state index in [1.54, 1.807) is 0 Å². The van der Waals surface area contributed by atoms with Gasteiger partial charge in [-0.25, -0.2) is 4.79 Å². The van der Waals surface area contributed by atoms with Gasteiger partial charge in [0.25, 0.3) is 0 Å². The number of alkyl carbamates (subject to hydrolysis) is 1. The number of carbonyl (C=O) groups excluding carboxylic acids is 1. The number of carbonyl (C=O) groups is 1. The predicted molar refractivity (Wildman–Crippen MR) is 53.1 cm³/mol. The fraction of sp³-hybridized carbons (Fsp3) is 0.875. The van der Waals surface area contributed by atoms with Crippen molar-refractivity contribution in [3.8, 4) is 0 Å². The predicted octanol–water partition coefficient (Wildman–Crippen LogP) is 0.295. The van der Waals surface area contributed by atoms with Crippen LogP contribution in [0.3, 0.4) is 0 Å². The zero-order chi connectivity index (χ0) is 14.8. The van der Waals surface area contributed by atoms with Crippen LogP contribution in [0, 0.1) is 0 Å². The number of nitrogens with one attached hydrogen (secondary N) is 1. The number of amides is 1. The van der Waals surface area contributed by atoms with Gasteiger partial charge in [-0.1, -0.05) is 0 Å². The van der Waals surface area contributed by atoms with E-state index < -0.39 is 37.2 Å². The van der Waals surface area contributed by atoms with Gasteiger partial charge in [0, 0.05) is 12.4 Å². The minimum absolute atomic E-state index is 0. The van der Waals surface area contributed by atoms with Crippen LogP contribution in [-0.2, 0) is 4.74 Å². The summed E-state index contributed by atoms with van der Waals surface area (Å²) in [5, 5.41) is 1.47. The Hall–Kier alpha value is 0.551. The number of alkyl halides is 3. The van der Waals surface area contributed by atoms with Gasteiger partial charge in [-0.15, -0.1) is 0 Å². The van der Waals surface area contributed by atoms with Crippen LogP contribution in [-0.4, -0.2) is 31.4 Å². The molecule has 0 aromatic heterocycles. The summed E-state index contributed by atoms with van der Waals surface area (Å²) in [5.74, 6) is -3.55. The molecule has 0 aliphatic carbocycles. The molecule has 1 unspecified atom stereocenters. The van der Waals surface area contributed by atoms with Crippen molar-refractivity contribution >= 4 is 13.1 Å². The van der Waals surface area contributed by atoms with Gasteiger partial charge in [0.1, 0.15) is 5.60 Å². The molecule has 0 aliphatic rings. The van der Waals surface area contributed by atoms with Crippen molar-refractivity contribution in [1.29, 1.82) is 0 Å². The summed E-state index contributed by atoms with van der Waals surface area (Å²) in [5.41, 5.74) is -0.999. The first-order valence-electron chi connectivity index (χ1n) is 4.97. The molecule has 0 rings (SSSR count). The Kier molecular flexibility index (Phi) is 8.65. The maximum Gasteiger partial charge on any atom is 1.00 e. The smallest absolute Gasteiger partial charge is 0.448 e. The first kappa shape index (κ1) is 21.8. The van der Waals surface area contributed by atoms with Crippen molar-refractivity contribution in [3.05, 3.63) is 0 Å². The van der Waals surface area contributed by atoms with Crippen LogP contribution in [0.5, 0.6) is 0 Å². The van der Waals surface area contributed by atoms with E-state index in [2.05, 4.69) is 4.74 Å². The van der Waals surface area contributed by atoms with Crippen LogP contribution >= 0.6 is 0 Å². The van der Waals surface area contributed by atoms with Gasteiger partial charge in [-0.05, 0) is 20.8 Å². The Morgan fingerprint density at radius 2 is 1.63 bits per heavy atom. The second-order valence-electron chi connectivity index (χ2n) is 4.66. The fourth-order valence-corrected chi connectivity index (χ4v) is 0.971. The molecular weight excluding hydrogens is 306 g/mol. The van der Waals surface area contributed by atoms with Crippen LogP contribution in [0.4, 0.5) is 30.9 Å². The van der Waals surface area contributed by atoms with Crippen LogP contribution in [0.15, 0.2) is 0 Å². The minimum atomic E-state index is -6.14. The average molecular weight is 319 g/mol. The molecule has 0 aromatic carbocycles. The van der Waals surface area contributed by atoms with Crippen molar-refractivity contribution in [3.63, 3.8) is 0 Å². The molecule has 0 saturated heterocycles. The van der Waals surface area contributed by atoms with Crippen molar-refractivity contribution in [2.45, 2.75) is 38.4 Å². The summed E-state index contributed by atoms with van der Waals surface area (Å²) in [7, 11) is 0. The molecule has 0 spiro atoms. The number of rotatable bonds is 3. The molecular formula is C8H13BF6KNO2. The third-order valence-corrected chi connectivity index (χ3v) is 1.74. The third-order valence-electron chi connectivity index (χ3n) is 1.74. The van der Waals surface area contributed by atoms with Gasteiger partial charge in [0.05, 0.1) is 0 Å². The van der Waals surface area contributed by atoms with Gasteiger partial charge in [0.15, 0.2) is 0 Å². The van der Waals surface area contributed by atoms with Crippen molar-refractivity contribution in [1.82, 2.24) is 5.32 Å². The molecule has 1 amide bonds. The largest absolute Gasteiger partial charge is 1.00 e. The Morgan fingerprint density at radius 1 is 1.21 bits per heavy atom. The molecule has 0 aromatic rings. The summed E-state index contributed by atoms with van der Waals surface area (Å²) in [6.45, 7) is -3.42. The Balaban J connectivity index is 0. The maximum atomic E-state index is 12.2. The molecule has 1 N–H and O–H groups in total. The molecule has 108 valence electrons. The minimum Gasteiger partial charge on any atom is -0.448 e. The van der Waals surface area contributed by atoms with Crippen LogP contribution in [0.1, 0.15) is 20.8 Å². The first-order chi connectivity index (χ1) is 7.73. The monoisotopic (exact) mass is 319 g/mol. The van der Waals surface area contributed by atoms with Gasteiger partial charge in [0.2, 0.25) is 0 Å². The number of ether oxygens (including phenoxy) is 1. The zero-order valence-electron chi connectivity index (χ0n) is 10.9. The molecule has 3 nitrogen and oxygen atoms in total. The summed E-state index contributed by atoms with van der Waals surface area (Å²) in [6, 6.07) is 0. The maximum absolute atomic E-state index is 12.2. The molecule has 0 heterocycles. The van der Waals surface area contributed by atoms with E-state index in [1.807, 2.05) is 0 Å². The molecule has 0 bridgehead atoms. The number of hydrogen-bond donors (Lipinski definition) is 1. The summed E-state index contributed by atoms with van der Waals surface area (Å²) in [4.78, 5) is 11.0. The second-order valence-corrected chi connectivity index (χ2v) is 4.66. The topological polar surface area (TPSA) is 38.3 Å². The number of halogens is 6. The SMILES string of the molecule is CC(C)(C)OC(=O)NCC([B-](F)(F)F)C(F)(F)F.[K+]. The molecule has 11 heteroatoms. The van der Waals surface area contributed by atoms with E-state index in [0.29, 0.717) is 0 Å². The Labute approximate surface area is 149 Å². The van der Waals surface area contributed by atoms with E-state index >= 15 is 0 Å². The third kappa shape index (κ3) is 9.99. The van der Waals surface area contributed by atoms with E-state index in [0.717, 1.165) is 0 Å². The normalized spacial score (nSPS) is 14.4. The van der Waals surface area contributed by atoms with E-state index in [1.165, 1.54) is 26.1 Å². The molecule has 0 radical (unpaired) electrons. The summed E-state index contributed by atoms with van der Waals surface area (Å²) < 4.78 is 77.3. The van der Waals surface area contributed by atoms with Crippen LogP contribution in [0.2, 0.25) is 5.82 Å². The van der Waals surface area contributed by atoms with Gasteiger partial charge in [-0.3, -0.25) is 0 Å². The molecule has 0 aliphatic heterocycles. The Morgan fingerprint density at radius 3 is 1.89 bits per heavy atom. The number of hydrogen-bond acceptors (Lipinski definition) is 2. The first-order valence-corrected chi connectivity index (χ1v) is 4.97. The van der Waals surface area contributed by atoms with E-state index in [9.17, 15) is 30.9 Å². The van der Waals surface area contributed by atoms with E-state index in [-0.39, 0.29) is 51.4 Å². The summed E-state index contributed by atoms with van der Waals surface area (Å²) in [6.07, 6.45) is -6.77. The molecule has 0 fully saturated rings. The molecule has 0 saturated carbocycles. The van der Waals surface area contributed by atoms with Crippen molar-refractivity contribution < 1.29 is 87.0 Å². The average Bonchev–Trinajstić information content (AvgIpc) is 1.93. The zero-order valence-corrected chi connectivity index (χ0v) is 14.1. The van der Waals surface area contributed by atoms with Gasteiger partial charge < -0.3 is 23.0 Å². The fourth-order valence-electron chi connectivity index (χ4n) is 0.971. The van der Waals surface area contributed by atoms with Gasteiger partial charge >= 0.3 is 70.6 Å². The second kappa shape index (κ2) is 7.53. The van der Waals surface area contributed by atoms with Crippen LogP contribution in [0.25, 0.3) is 0 Å². The quantitative estimate of drug-likeness (QED) is 0.600. The van der Waals surface area contributed by atoms with Gasteiger partial charge in [-0.2, -0.15) is 13.2 Å². The summed E-state index contributed by atoms with van der Waals surface area (Å²) >= 11 is 0. The van der Waals surface area contributed by atoms with Crippen LogP contribution < -0.4 is 56.7 Å². The standard InChI is InChI=1S/C8H13BF6NO2.K/c1-7(2,3)18-6(17)16-4-5(8(10,11)12)9(13,14)15;/h5H,4H2,1-3H3,(H,16,17);/q-1;+1. The van der Waals surface area contributed by atoms with Crippen molar-refractivity contribution in [2.75, 3.05) is 6.54 Å². The van der Waals surface area contributed by atoms with E-state index in [4.69, 9.17) is 0 Å². The molecule has 1 atom stereocenters. The van der Waals surface area contributed by atoms with Crippen molar-refractivity contribution in [2.24, 2.45) is 0 Å². The molecule has 19 heavy (non-hydrogen) atoms.